The molecule has 0 aliphatic rings. The fourth-order valence-corrected chi connectivity index (χ4v) is 3.37. The second-order valence-corrected chi connectivity index (χ2v) is 7.50. The number of methoxy groups -OCH3 is 1. The second kappa shape index (κ2) is 6.17. The monoisotopic (exact) mass is 388 g/mol. The standard InChI is InChI=1S/C14H10BrClO4S/c1-20-12-8-13(21(16,18)19)10(7-11(12)15)14(17)9-5-3-2-4-6-9/h2-8H,1H3. The van der Waals surface area contributed by atoms with Crippen LogP contribution in [0.2, 0.25) is 0 Å². The van der Waals surface area contributed by atoms with Crippen molar-refractivity contribution in [3.63, 3.8) is 0 Å². The average Bonchev–Trinajstić information content (AvgIpc) is 2.46. The van der Waals surface area contributed by atoms with E-state index in [0.717, 1.165) is 0 Å². The first-order valence-electron chi connectivity index (χ1n) is 5.76. The minimum absolute atomic E-state index is 0.0103. The zero-order valence-corrected chi connectivity index (χ0v) is 14.0. The van der Waals surface area contributed by atoms with E-state index in [9.17, 15) is 13.2 Å². The molecule has 0 bridgehead atoms. The zero-order valence-electron chi connectivity index (χ0n) is 10.8. The number of halogens is 2. The molecule has 2 aromatic rings. The van der Waals surface area contributed by atoms with Crippen molar-refractivity contribution in [2.45, 2.75) is 4.90 Å². The molecule has 0 spiro atoms. The van der Waals surface area contributed by atoms with Gasteiger partial charge in [0.05, 0.1) is 16.5 Å². The third-order valence-electron chi connectivity index (χ3n) is 2.80. The second-order valence-electron chi connectivity index (χ2n) is 4.12. The van der Waals surface area contributed by atoms with Crippen LogP contribution in [0.15, 0.2) is 51.8 Å². The van der Waals surface area contributed by atoms with Crippen LogP contribution in [-0.2, 0) is 9.05 Å². The van der Waals surface area contributed by atoms with Gasteiger partial charge >= 0.3 is 0 Å². The van der Waals surface area contributed by atoms with Crippen LogP contribution < -0.4 is 4.74 Å². The molecule has 0 unspecified atom stereocenters. The van der Waals surface area contributed by atoms with Crippen molar-refractivity contribution in [1.29, 1.82) is 0 Å². The van der Waals surface area contributed by atoms with Gasteiger partial charge in [-0.05, 0) is 22.0 Å². The number of hydrogen-bond donors (Lipinski definition) is 0. The lowest BCUT2D eigenvalue weighted by molar-refractivity contribution is 0.103. The molecule has 0 N–H and O–H groups in total. The lowest BCUT2D eigenvalue weighted by Crippen LogP contribution is -2.08. The molecule has 0 aliphatic carbocycles. The van der Waals surface area contributed by atoms with Crippen LogP contribution in [-0.4, -0.2) is 21.3 Å². The van der Waals surface area contributed by atoms with E-state index >= 15 is 0 Å². The highest BCUT2D eigenvalue weighted by atomic mass is 79.9. The van der Waals surface area contributed by atoms with Gasteiger partial charge in [0.2, 0.25) is 0 Å². The summed E-state index contributed by atoms with van der Waals surface area (Å²) in [4.78, 5) is 12.2. The summed E-state index contributed by atoms with van der Waals surface area (Å²) in [5, 5.41) is 0. The molecule has 0 aromatic heterocycles. The molecule has 110 valence electrons. The Balaban J connectivity index is 2.68. The molecule has 0 aliphatic heterocycles. The van der Waals surface area contributed by atoms with E-state index < -0.39 is 14.8 Å². The molecule has 0 atom stereocenters. The fourth-order valence-electron chi connectivity index (χ4n) is 1.82. The largest absolute Gasteiger partial charge is 0.496 e. The predicted molar refractivity (Wildman–Crippen MR) is 83.6 cm³/mol. The Bertz CT molecular complexity index is 788. The number of carbonyl (C=O) groups is 1. The van der Waals surface area contributed by atoms with Gasteiger partial charge in [-0.3, -0.25) is 4.79 Å². The number of ether oxygens (including phenoxy) is 1. The van der Waals surface area contributed by atoms with Gasteiger partial charge in [-0.2, -0.15) is 0 Å². The first-order valence-corrected chi connectivity index (χ1v) is 8.86. The summed E-state index contributed by atoms with van der Waals surface area (Å²) in [6, 6.07) is 11.0. The maximum absolute atomic E-state index is 12.5. The number of rotatable bonds is 4. The number of carbonyl (C=O) groups excluding carboxylic acids is 1. The highest BCUT2D eigenvalue weighted by molar-refractivity contribution is 9.10. The van der Waals surface area contributed by atoms with Gasteiger partial charge in [0.1, 0.15) is 5.75 Å². The summed E-state index contributed by atoms with van der Waals surface area (Å²) in [6.45, 7) is 0. The van der Waals surface area contributed by atoms with E-state index in [1.54, 1.807) is 30.3 Å². The first-order chi connectivity index (χ1) is 9.84. The van der Waals surface area contributed by atoms with Crippen molar-refractivity contribution in [1.82, 2.24) is 0 Å². The van der Waals surface area contributed by atoms with Gasteiger partial charge in [0.25, 0.3) is 9.05 Å². The molecule has 2 rings (SSSR count). The van der Waals surface area contributed by atoms with Crippen LogP contribution in [0, 0.1) is 0 Å². The zero-order chi connectivity index (χ0) is 15.6. The van der Waals surface area contributed by atoms with Crippen LogP contribution >= 0.6 is 26.6 Å². The third-order valence-corrected chi connectivity index (χ3v) is 4.78. The number of ketones is 1. The van der Waals surface area contributed by atoms with E-state index in [1.807, 2.05) is 0 Å². The molecule has 21 heavy (non-hydrogen) atoms. The summed E-state index contributed by atoms with van der Waals surface area (Å²) in [5.41, 5.74) is 0.361. The molecule has 0 amide bonds. The van der Waals surface area contributed by atoms with Gasteiger partial charge in [-0.15, -0.1) is 0 Å². The molecule has 7 heteroatoms. The Kier molecular flexibility index (Phi) is 4.70. The molecule has 0 heterocycles. The maximum Gasteiger partial charge on any atom is 0.262 e. The highest BCUT2D eigenvalue weighted by Crippen LogP contribution is 2.33. The molecule has 4 nitrogen and oxygen atoms in total. The molecule has 0 saturated carbocycles. The summed E-state index contributed by atoms with van der Waals surface area (Å²) < 4.78 is 28.9. The lowest BCUT2D eigenvalue weighted by Gasteiger charge is -2.10. The van der Waals surface area contributed by atoms with Crippen LogP contribution in [0.1, 0.15) is 15.9 Å². The normalized spacial score (nSPS) is 11.2. The minimum atomic E-state index is -4.09. The van der Waals surface area contributed by atoms with Gasteiger partial charge in [-0.1, -0.05) is 30.3 Å². The van der Waals surface area contributed by atoms with Crippen molar-refractivity contribution < 1.29 is 17.9 Å². The molecule has 0 radical (unpaired) electrons. The van der Waals surface area contributed by atoms with Crippen LogP contribution in [0.4, 0.5) is 0 Å². The van der Waals surface area contributed by atoms with Crippen molar-refractivity contribution in [3.05, 3.63) is 58.1 Å². The Hall–Kier alpha value is -1.37. The van der Waals surface area contributed by atoms with Crippen LogP contribution in [0.3, 0.4) is 0 Å². The Labute approximate surface area is 135 Å². The number of hydrogen-bond acceptors (Lipinski definition) is 4. The topological polar surface area (TPSA) is 60.4 Å². The average molecular weight is 390 g/mol. The van der Waals surface area contributed by atoms with Crippen LogP contribution in [0.25, 0.3) is 0 Å². The maximum atomic E-state index is 12.5. The van der Waals surface area contributed by atoms with Crippen molar-refractivity contribution in [2.24, 2.45) is 0 Å². The fraction of sp³-hybridized carbons (Fsp3) is 0.0714. The molecular formula is C14H10BrClO4S. The first kappa shape index (κ1) is 16.0. The van der Waals surface area contributed by atoms with E-state index in [0.29, 0.717) is 10.0 Å². The minimum Gasteiger partial charge on any atom is -0.496 e. The van der Waals surface area contributed by atoms with Gasteiger partial charge in [0.15, 0.2) is 5.78 Å². The summed E-state index contributed by atoms with van der Waals surface area (Å²) in [7, 11) is 2.73. The van der Waals surface area contributed by atoms with Crippen LogP contribution in [0.5, 0.6) is 5.75 Å². The van der Waals surface area contributed by atoms with Crippen molar-refractivity contribution in [3.8, 4) is 5.75 Å². The SMILES string of the molecule is COc1cc(S(=O)(=O)Cl)c(C(=O)c2ccccc2)cc1Br. The van der Waals surface area contributed by atoms with E-state index in [1.165, 1.54) is 19.2 Å². The van der Waals surface area contributed by atoms with E-state index in [2.05, 4.69) is 15.9 Å². The Morgan fingerprint density at radius 1 is 1.19 bits per heavy atom. The Morgan fingerprint density at radius 3 is 2.33 bits per heavy atom. The lowest BCUT2D eigenvalue weighted by atomic mass is 10.0. The van der Waals surface area contributed by atoms with E-state index in [4.69, 9.17) is 15.4 Å². The molecule has 0 saturated heterocycles. The summed E-state index contributed by atoms with van der Waals surface area (Å²) in [6.07, 6.45) is 0. The summed E-state index contributed by atoms with van der Waals surface area (Å²) in [5.74, 6) is -0.156. The summed E-state index contributed by atoms with van der Waals surface area (Å²) >= 11 is 3.23. The predicted octanol–water partition coefficient (Wildman–Crippen LogP) is 3.62. The van der Waals surface area contributed by atoms with Crippen molar-refractivity contribution >= 4 is 41.4 Å². The molecular weight excluding hydrogens is 380 g/mol. The quantitative estimate of drug-likeness (QED) is 0.592. The highest BCUT2D eigenvalue weighted by Gasteiger charge is 2.24. The number of benzene rings is 2. The Morgan fingerprint density at radius 2 is 1.81 bits per heavy atom. The molecule has 2 aromatic carbocycles. The van der Waals surface area contributed by atoms with E-state index in [-0.39, 0.29) is 16.2 Å². The van der Waals surface area contributed by atoms with Gasteiger partial charge in [0, 0.05) is 27.9 Å². The third kappa shape index (κ3) is 3.45. The van der Waals surface area contributed by atoms with Crippen molar-refractivity contribution in [2.75, 3.05) is 7.11 Å². The molecule has 0 fully saturated rings. The smallest absolute Gasteiger partial charge is 0.262 e. The van der Waals surface area contributed by atoms with Gasteiger partial charge in [-0.25, -0.2) is 8.42 Å². The van der Waals surface area contributed by atoms with Gasteiger partial charge < -0.3 is 4.74 Å².